The van der Waals surface area contributed by atoms with Crippen LogP contribution in [0.3, 0.4) is 0 Å². The van der Waals surface area contributed by atoms with Crippen LogP contribution in [0.1, 0.15) is 47.5 Å². The number of aromatic nitrogens is 5. The largest absolute Gasteiger partial charge is 0.418 e. The molecule has 0 spiro atoms. The van der Waals surface area contributed by atoms with E-state index >= 15 is 0 Å². The number of amides is 1. The van der Waals surface area contributed by atoms with Gasteiger partial charge in [0.25, 0.3) is 5.91 Å². The predicted molar refractivity (Wildman–Crippen MR) is 122 cm³/mol. The van der Waals surface area contributed by atoms with Crippen LogP contribution in [0.15, 0.2) is 64.2 Å². The Labute approximate surface area is 203 Å². The molecular formula is C24H21F3N6O3. The van der Waals surface area contributed by atoms with Crippen LogP contribution in [0.2, 0.25) is 0 Å². The monoisotopic (exact) mass is 498 g/mol. The zero-order valence-corrected chi connectivity index (χ0v) is 19.4. The molecule has 1 aromatic carbocycles. The number of hydrogen-bond acceptors (Lipinski definition) is 7. The molecule has 0 radical (unpaired) electrons. The van der Waals surface area contributed by atoms with Gasteiger partial charge in [-0.1, -0.05) is 31.1 Å². The third-order valence-electron chi connectivity index (χ3n) is 5.36. The number of nitrogens with one attached hydrogen (secondary N) is 1. The van der Waals surface area contributed by atoms with Crippen LogP contribution in [-0.4, -0.2) is 30.8 Å². The molecule has 186 valence electrons. The molecule has 4 aromatic rings. The molecule has 9 nitrogen and oxygen atoms in total. The molecule has 1 atom stereocenters. The van der Waals surface area contributed by atoms with Crippen molar-refractivity contribution in [3.8, 4) is 17.1 Å². The SMILES string of the molecule is Cc1cc(=O)c(C(=O)N[C@@H](c2nc(-c3ccncc3)no2)C(C)C)nn1-c1ccccc1C(F)(F)F. The molecule has 0 fully saturated rings. The highest BCUT2D eigenvalue weighted by atomic mass is 19.4. The van der Waals surface area contributed by atoms with Crippen molar-refractivity contribution in [3.63, 3.8) is 0 Å². The van der Waals surface area contributed by atoms with E-state index in [1.807, 2.05) is 0 Å². The van der Waals surface area contributed by atoms with Gasteiger partial charge in [-0.15, -0.1) is 0 Å². The summed E-state index contributed by atoms with van der Waals surface area (Å²) >= 11 is 0. The van der Waals surface area contributed by atoms with E-state index in [1.165, 1.54) is 25.1 Å². The molecule has 1 amide bonds. The van der Waals surface area contributed by atoms with Gasteiger partial charge in [-0.05, 0) is 37.1 Å². The molecule has 12 heteroatoms. The van der Waals surface area contributed by atoms with Crippen LogP contribution in [0.25, 0.3) is 17.1 Å². The van der Waals surface area contributed by atoms with Crippen LogP contribution < -0.4 is 10.7 Å². The summed E-state index contributed by atoms with van der Waals surface area (Å²) < 4.78 is 47.0. The minimum Gasteiger partial charge on any atom is -0.338 e. The van der Waals surface area contributed by atoms with Crippen molar-refractivity contribution in [2.75, 3.05) is 0 Å². The Balaban J connectivity index is 1.68. The van der Waals surface area contributed by atoms with Gasteiger partial charge in [0.15, 0.2) is 5.69 Å². The van der Waals surface area contributed by atoms with Gasteiger partial charge in [-0.3, -0.25) is 14.6 Å². The number of benzene rings is 1. The lowest BCUT2D eigenvalue weighted by molar-refractivity contribution is -0.137. The lowest BCUT2D eigenvalue weighted by atomic mass is 10.0. The number of nitrogens with zero attached hydrogens (tertiary/aromatic N) is 5. The molecule has 0 saturated heterocycles. The number of hydrogen-bond donors (Lipinski definition) is 1. The molecule has 4 rings (SSSR count). The first kappa shape index (κ1) is 24.8. The fraction of sp³-hybridized carbons (Fsp3) is 0.250. The molecule has 0 aliphatic heterocycles. The summed E-state index contributed by atoms with van der Waals surface area (Å²) in [5, 5.41) is 10.6. The van der Waals surface area contributed by atoms with Gasteiger partial charge < -0.3 is 9.84 Å². The topological polar surface area (TPSA) is 116 Å². The second-order valence-electron chi connectivity index (χ2n) is 8.31. The number of rotatable bonds is 6. The van der Waals surface area contributed by atoms with Crippen molar-refractivity contribution in [1.82, 2.24) is 30.2 Å². The van der Waals surface area contributed by atoms with Crippen molar-refractivity contribution < 1.29 is 22.5 Å². The number of para-hydroxylation sites is 1. The fourth-order valence-electron chi connectivity index (χ4n) is 3.55. The maximum absolute atomic E-state index is 13.6. The van der Waals surface area contributed by atoms with E-state index in [0.717, 1.165) is 16.8 Å². The normalized spacial score (nSPS) is 12.5. The summed E-state index contributed by atoms with van der Waals surface area (Å²) in [7, 11) is 0. The second kappa shape index (κ2) is 9.72. The first-order valence-electron chi connectivity index (χ1n) is 10.9. The maximum atomic E-state index is 13.6. The van der Waals surface area contributed by atoms with E-state index in [0.29, 0.717) is 5.56 Å². The van der Waals surface area contributed by atoms with E-state index in [4.69, 9.17) is 4.52 Å². The number of carbonyl (C=O) groups excluding carboxylic acids is 1. The quantitative estimate of drug-likeness (QED) is 0.425. The molecule has 1 N–H and O–H groups in total. The molecule has 36 heavy (non-hydrogen) atoms. The van der Waals surface area contributed by atoms with E-state index in [2.05, 4.69) is 25.5 Å². The van der Waals surface area contributed by atoms with Crippen molar-refractivity contribution >= 4 is 5.91 Å². The van der Waals surface area contributed by atoms with E-state index < -0.39 is 34.8 Å². The van der Waals surface area contributed by atoms with E-state index in [9.17, 15) is 22.8 Å². The number of halogens is 3. The van der Waals surface area contributed by atoms with E-state index in [-0.39, 0.29) is 29.0 Å². The Kier molecular flexibility index (Phi) is 6.69. The molecule has 0 aliphatic carbocycles. The number of aryl methyl sites for hydroxylation is 1. The molecular weight excluding hydrogens is 477 g/mol. The Morgan fingerprint density at radius 2 is 1.81 bits per heavy atom. The second-order valence-corrected chi connectivity index (χ2v) is 8.31. The predicted octanol–water partition coefficient (Wildman–Crippen LogP) is 4.13. The highest BCUT2D eigenvalue weighted by Crippen LogP contribution is 2.33. The maximum Gasteiger partial charge on any atom is 0.418 e. The van der Waals surface area contributed by atoms with Crippen LogP contribution in [0, 0.1) is 12.8 Å². The Morgan fingerprint density at radius 3 is 2.47 bits per heavy atom. The molecule has 0 unspecified atom stereocenters. The van der Waals surface area contributed by atoms with Crippen LogP contribution >= 0.6 is 0 Å². The van der Waals surface area contributed by atoms with Gasteiger partial charge in [0.1, 0.15) is 6.04 Å². The van der Waals surface area contributed by atoms with E-state index in [1.54, 1.807) is 38.4 Å². The zero-order chi connectivity index (χ0) is 26.0. The Bertz CT molecular complexity index is 1450. The third kappa shape index (κ3) is 5.02. The first-order chi connectivity index (χ1) is 17.1. The van der Waals surface area contributed by atoms with Gasteiger partial charge in [-0.2, -0.15) is 23.3 Å². The lowest BCUT2D eigenvalue weighted by Gasteiger charge is -2.19. The summed E-state index contributed by atoms with van der Waals surface area (Å²) in [4.78, 5) is 34.0. The van der Waals surface area contributed by atoms with Gasteiger partial charge in [0.05, 0.1) is 11.3 Å². The first-order valence-corrected chi connectivity index (χ1v) is 10.9. The average Bonchev–Trinajstić information content (AvgIpc) is 3.32. The van der Waals surface area contributed by atoms with Gasteiger partial charge in [-0.25, -0.2) is 4.68 Å². The average molecular weight is 498 g/mol. The summed E-state index contributed by atoms with van der Waals surface area (Å²) in [6.07, 6.45) is -1.53. The van der Waals surface area contributed by atoms with Crippen molar-refractivity contribution in [2.45, 2.75) is 33.0 Å². The van der Waals surface area contributed by atoms with Crippen LogP contribution in [0.5, 0.6) is 0 Å². The third-order valence-corrected chi connectivity index (χ3v) is 5.36. The van der Waals surface area contributed by atoms with Crippen molar-refractivity contribution in [1.29, 1.82) is 0 Å². The summed E-state index contributed by atoms with van der Waals surface area (Å²) in [5.74, 6) is -0.745. The molecule has 3 heterocycles. The molecule has 0 saturated carbocycles. The Hall–Kier alpha value is -4.35. The molecule has 0 bridgehead atoms. The molecule has 3 aromatic heterocycles. The Morgan fingerprint density at radius 1 is 1.11 bits per heavy atom. The fourth-order valence-corrected chi connectivity index (χ4v) is 3.55. The number of pyridine rings is 1. The number of alkyl halides is 3. The highest BCUT2D eigenvalue weighted by molar-refractivity contribution is 5.92. The zero-order valence-electron chi connectivity index (χ0n) is 19.4. The highest BCUT2D eigenvalue weighted by Gasteiger charge is 2.34. The van der Waals surface area contributed by atoms with Gasteiger partial charge >= 0.3 is 6.18 Å². The standard InChI is InChI=1S/C24H21F3N6O3/c1-13(2)19(23-30-21(32-36-23)15-8-10-28-11-9-15)29-22(35)20-18(34)12-14(3)33(31-20)17-7-5-4-6-16(17)24(25,26)27/h4-13,19H,1-3H3,(H,29,35)/t19-/m1/s1. The van der Waals surface area contributed by atoms with Gasteiger partial charge in [0.2, 0.25) is 17.1 Å². The minimum absolute atomic E-state index is 0.0972. The summed E-state index contributed by atoms with van der Waals surface area (Å²) in [6.45, 7) is 5.02. The van der Waals surface area contributed by atoms with Crippen molar-refractivity contribution in [3.05, 3.63) is 87.9 Å². The summed E-state index contributed by atoms with van der Waals surface area (Å²) in [6, 6.07) is 8.42. The molecule has 0 aliphatic rings. The van der Waals surface area contributed by atoms with Gasteiger partial charge in [0, 0.05) is 29.7 Å². The van der Waals surface area contributed by atoms with Crippen molar-refractivity contribution in [2.24, 2.45) is 5.92 Å². The lowest BCUT2D eigenvalue weighted by Crippen LogP contribution is -2.36. The minimum atomic E-state index is -4.66. The van der Waals surface area contributed by atoms with Crippen LogP contribution in [-0.2, 0) is 6.18 Å². The van der Waals surface area contributed by atoms with Crippen LogP contribution in [0.4, 0.5) is 13.2 Å². The smallest absolute Gasteiger partial charge is 0.338 e. The summed E-state index contributed by atoms with van der Waals surface area (Å²) in [5.41, 5.74) is -1.79. The number of carbonyl (C=O) groups is 1.